The van der Waals surface area contributed by atoms with Gasteiger partial charge >= 0.3 is 0 Å². The molecule has 1 unspecified atom stereocenters. The molecule has 2 N–H and O–H groups in total. The van der Waals surface area contributed by atoms with Crippen molar-refractivity contribution in [1.29, 1.82) is 0 Å². The van der Waals surface area contributed by atoms with Crippen molar-refractivity contribution in [3.05, 3.63) is 89.0 Å². The van der Waals surface area contributed by atoms with Crippen LogP contribution in [0.5, 0.6) is 0 Å². The van der Waals surface area contributed by atoms with Crippen LogP contribution >= 0.6 is 11.6 Å². The summed E-state index contributed by atoms with van der Waals surface area (Å²) in [4.78, 5) is 25.2. The van der Waals surface area contributed by atoms with Gasteiger partial charge in [0.15, 0.2) is 5.76 Å². The van der Waals surface area contributed by atoms with Crippen LogP contribution in [0.2, 0.25) is 5.02 Å². The van der Waals surface area contributed by atoms with Crippen LogP contribution in [0.1, 0.15) is 34.3 Å². The number of anilines is 1. The highest BCUT2D eigenvalue weighted by molar-refractivity contribution is 6.33. The Bertz CT molecular complexity index is 1360. The number of hydrogen-bond acceptors (Lipinski definition) is 6. The number of rotatable bonds is 6. The number of nitrogens with zero attached hydrogens (tertiary/aromatic N) is 2. The standard InChI is InChI=1S/C25H21ClN4O4/c1-27-25(32)16-8-9-17(26)18(11-16)28-14-24(31)30-20(22-7-4-10-33-22)13-19(29-30)23-12-15-5-2-3-6-21(15)34-23/h2-12,20,28H,13-14H2,1H3,(H,27,32). The first-order valence-corrected chi connectivity index (χ1v) is 11.1. The number of furan rings is 2. The monoisotopic (exact) mass is 476 g/mol. The Morgan fingerprint density at radius 1 is 1.15 bits per heavy atom. The average molecular weight is 477 g/mol. The van der Waals surface area contributed by atoms with Gasteiger partial charge in [-0.1, -0.05) is 29.8 Å². The van der Waals surface area contributed by atoms with Crippen molar-refractivity contribution >= 4 is 45.8 Å². The lowest BCUT2D eigenvalue weighted by Crippen LogP contribution is -2.32. The van der Waals surface area contributed by atoms with Crippen LogP contribution in [-0.2, 0) is 4.79 Å². The summed E-state index contributed by atoms with van der Waals surface area (Å²) in [7, 11) is 1.55. The highest BCUT2D eigenvalue weighted by atomic mass is 35.5. The Morgan fingerprint density at radius 2 is 2.00 bits per heavy atom. The van der Waals surface area contributed by atoms with Crippen LogP contribution < -0.4 is 10.6 Å². The van der Waals surface area contributed by atoms with Gasteiger partial charge in [0, 0.05) is 24.4 Å². The molecule has 2 amide bonds. The second-order valence-electron chi connectivity index (χ2n) is 7.80. The molecule has 0 spiro atoms. The van der Waals surface area contributed by atoms with Gasteiger partial charge in [-0.2, -0.15) is 5.10 Å². The molecule has 0 saturated carbocycles. The summed E-state index contributed by atoms with van der Waals surface area (Å²) in [5, 5.41) is 13.0. The van der Waals surface area contributed by atoms with Crippen molar-refractivity contribution < 1.29 is 18.4 Å². The van der Waals surface area contributed by atoms with E-state index in [1.54, 1.807) is 37.6 Å². The minimum Gasteiger partial charge on any atom is -0.467 e. The zero-order valence-corrected chi connectivity index (χ0v) is 19.0. The predicted molar refractivity (Wildman–Crippen MR) is 129 cm³/mol. The maximum absolute atomic E-state index is 13.2. The largest absolute Gasteiger partial charge is 0.467 e. The van der Waals surface area contributed by atoms with Crippen molar-refractivity contribution in [3.63, 3.8) is 0 Å². The molecule has 0 saturated heterocycles. The van der Waals surface area contributed by atoms with Gasteiger partial charge in [0.25, 0.3) is 11.8 Å². The molecule has 172 valence electrons. The van der Waals surface area contributed by atoms with Crippen LogP contribution in [0.15, 0.2) is 80.9 Å². The van der Waals surface area contributed by atoms with Gasteiger partial charge in [-0.05, 0) is 42.5 Å². The summed E-state index contributed by atoms with van der Waals surface area (Å²) in [6.45, 7) is -0.0783. The summed E-state index contributed by atoms with van der Waals surface area (Å²) < 4.78 is 11.6. The van der Waals surface area contributed by atoms with Crippen LogP contribution in [0.25, 0.3) is 11.0 Å². The van der Waals surface area contributed by atoms with Crippen LogP contribution in [0.3, 0.4) is 0 Å². The Balaban J connectivity index is 1.39. The van der Waals surface area contributed by atoms with Crippen molar-refractivity contribution in [2.24, 2.45) is 5.10 Å². The predicted octanol–water partition coefficient (Wildman–Crippen LogP) is 4.83. The van der Waals surface area contributed by atoms with E-state index in [-0.39, 0.29) is 18.4 Å². The van der Waals surface area contributed by atoms with Crippen molar-refractivity contribution in [2.45, 2.75) is 12.5 Å². The number of fused-ring (bicyclic) bond motifs is 1. The second-order valence-corrected chi connectivity index (χ2v) is 8.20. The Kier molecular flexibility index (Phi) is 5.81. The number of nitrogens with one attached hydrogen (secondary N) is 2. The Labute approximate surface area is 200 Å². The van der Waals surface area contributed by atoms with Gasteiger partial charge in [-0.3, -0.25) is 9.59 Å². The summed E-state index contributed by atoms with van der Waals surface area (Å²) in [6, 6.07) is 17.6. The second kappa shape index (κ2) is 9.07. The lowest BCUT2D eigenvalue weighted by molar-refractivity contribution is -0.131. The molecule has 9 heteroatoms. The zero-order chi connectivity index (χ0) is 23.7. The number of hydrazone groups is 1. The maximum Gasteiger partial charge on any atom is 0.262 e. The van der Waals surface area contributed by atoms with E-state index in [9.17, 15) is 9.59 Å². The van der Waals surface area contributed by atoms with Gasteiger partial charge in [0.2, 0.25) is 0 Å². The van der Waals surface area contributed by atoms with Gasteiger partial charge < -0.3 is 19.5 Å². The van der Waals surface area contributed by atoms with E-state index in [4.69, 9.17) is 20.4 Å². The topological polar surface area (TPSA) is 100 Å². The molecule has 2 aromatic carbocycles. The van der Waals surface area contributed by atoms with E-state index in [1.807, 2.05) is 36.4 Å². The molecule has 0 bridgehead atoms. The van der Waals surface area contributed by atoms with E-state index in [0.29, 0.717) is 39.9 Å². The molecule has 34 heavy (non-hydrogen) atoms. The van der Waals surface area contributed by atoms with Gasteiger partial charge in [0.05, 0.1) is 23.5 Å². The Morgan fingerprint density at radius 3 is 2.76 bits per heavy atom. The van der Waals surface area contributed by atoms with E-state index < -0.39 is 6.04 Å². The number of amides is 2. The third kappa shape index (κ3) is 4.15. The Hall–Kier alpha value is -4.04. The summed E-state index contributed by atoms with van der Waals surface area (Å²) in [5.41, 5.74) is 2.32. The quantitative estimate of drug-likeness (QED) is 0.415. The minimum atomic E-state index is -0.403. The number of para-hydroxylation sites is 1. The molecule has 0 aliphatic carbocycles. The third-order valence-corrected chi connectivity index (χ3v) is 5.96. The molecule has 0 radical (unpaired) electrons. The summed E-state index contributed by atoms with van der Waals surface area (Å²) in [6.07, 6.45) is 2.02. The fraction of sp³-hybridized carbons (Fsp3) is 0.160. The van der Waals surface area contributed by atoms with Gasteiger partial charge in [-0.15, -0.1) is 0 Å². The highest BCUT2D eigenvalue weighted by Gasteiger charge is 2.35. The molecule has 1 aliphatic heterocycles. The normalized spacial score (nSPS) is 15.4. The van der Waals surface area contributed by atoms with Crippen LogP contribution in [-0.4, -0.2) is 36.1 Å². The molecule has 0 fully saturated rings. The SMILES string of the molecule is CNC(=O)c1ccc(Cl)c(NCC(=O)N2N=C(c3cc4ccccc4o3)CC2c2ccco2)c1. The van der Waals surface area contributed by atoms with Crippen LogP contribution in [0.4, 0.5) is 5.69 Å². The molecule has 1 aliphatic rings. The molecular weight excluding hydrogens is 456 g/mol. The van der Waals surface area contributed by atoms with Crippen molar-refractivity contribution in [1.82, 2.24) is 10.3 Å². The number of carbonyl (C=O) groups excluding carboxylic acids is 2. The molecule has 5 rings (SSSR count). The zero-order valence-electron chi connectivity index (χ0n) is 18.2. The van der Waals surface area contributed by atoms with Crippen molar-refractivity contribution in [3.8, 4) is 0 Å². The van der Waals surface area contributed by atoms with Crippen molar-refractivity contribution in [2.75, 3.05) is 18.9 Å². The molecular formula is C25H21ClN4O4. The first-order chi connectivity index (χ1) is 16.5. The minimum absolute atomic E-state index is 0.0783. The molecule has 2 aromatic heterocycles. The molecule has 3 heterocycles. The summed E-state index contributed by atoms with van der Waals surface area (Å²) >= 11 is 6.26. The fourth-order valence-electron chi connectivity index (χ4n) is 3.91. The first-order valence-electron chi connectivity index (χ1n) is 10.7. The number of halogens is 1. The smallest absolute Gasteiger partial charge is 0.262 e. The van der Waals surface area contributed by atoms with Gasteiger partial charge in [0.1, 0.15) is 23.1 Å². The molecule has 8 nitrogen and oxygen atoms in total. The summed E-state index contributed by atoms with van der Waals surface area (Å²) in [5.74, 6) is 0.711. The lowest BCUT2D eigenvalue weighted by atomic mass is 10.1. The molecule has 1 atom stereocenters. The fourth-order valence-corrected chi connectivity index (χ4v) is 4.10. The van der Waals surface area contributed by atoms with Crippen LogP contribution in [0, 0.1) is 0 Å². The van der Waals surface area contributed by atoms with E-state index in [2.05, 4.69) is 15.7 Å². The van der Waals surface area contributed by atoms with E-state index in [0.717, 1.165) is 11.0 Å². The third-order valence-electron chi connectivity index (χ3n) is 5.63. The number of carbonyl (C=O) groups is 2. The maximum atomic E-state index is 13.2. The molecule has 4 aromatic rings. The number of hydrogen-bond donors (Lipinski definition) is 2. The highest BCUT2D eigenvalue weighted by Crippen LogP contribution is 2.34. The van der Waals surface area contributed by atoms with E-state index >= 15 is 0 Å². The number of benzene rings is 2. The van der Waals surface area contributed by atoms with Gasteiger partial charge in [-0.25, -0.2) is 5.01 Å². The average Bonchev–Trinajstić information content (AvgIpc) is 3.61. The first kappa shape index (κ1) is 21.8. The van der Waals surface area contributed by atoms with E-state index in [1.165, 1.54) is 5.01 Å². The lowest BCUT2D eigenvalue weighted by Gasteiger charge is -2.20.